The second kappa shape index (κ2) is 8.52. The zero-order valence-electron chi connectivity index (χ0n) is 16.4. The van der Waals surface area contributed by atoms with Crippen molar-refractivity contribution in [1.29, 1.82) is 0 Å². The lowest BCUT2D eigenvalue weighted by Gasteiger charge is -2.33. The van der Waals surface area contributed by atoms with Crippen molar-refractivity contribution in [3.05, 3.63) is 11.6 Å². The molecular formula is C21H40O. The highest BCUT2D eigenvalue weighted by molar-refractivity contribution is 5.12. The van der Waals surface area contributed by atoms with Crippen molar-refractivity contribution in [3.63, 3.8) is 0 Å². The largest absolute Gasteiger partial charge is 0.376 e. The fourth-order valence-electron chi connectivity index (χ4n) is 3.79. The number of hydrogen-bond donors (Lipinski definition) is 0. The number of ether oxygens (including phenoxy) is 1. The van der Waals surface area contributed by atoms with Gasteiger partial charge in [0.05, 0.1) is 5.60 Å². The first-order chi connectivity index (χ1) is 10.1. The monoisotopic (exact) mass is 308 g/mol. The molecule has 0 heterocycles. The minimum atomic E-state index is -0.0164. The van der Waals surface area contributed by atoms with Crippen LogP contribution in [0.5, 0.6) is 0 Å². The molecule has 0 aliphatic heterocycles. The standard InChI is InChI=1S/C21H40O/c1-15(2)20-10-9-16(3)12-19(20)13-17(4)11-18(5)14-22-21(6,7)8/h13,15-18,20H,9-12,14H2,1-8H3/b19-13+/t16-,17-,18+,20+/m1/s1. The van der Waals surface area contributed by atoms with Crippen molar-refractivity contribution in [1.82, 2.24) is 0 Å². The molecule has 0 unspecified atom stereocenters. The zero-order valence-corrected chi connectivity index (χ0v) is 16.4. The van der Waals surface area contributed by atoms with Gasteiger partial charge in [0, 0.05) is 6.61 Å². The van der Waals surface area contributed by atoms with E-state index in [4.69, 9.17) is 4.74 Å². The molecule has 1 heteroatoms. The topological polar surface area (TPSA) is 9.23 Å². The SMILES string of the molecule is CC(C)[C@@H]1CC[C@@H](C)C/C1=C\[C@H](C)C[C@H](C)COC(C)(C)C. The first-order valence-electron chi connectivity index (χ1n) is 9.43. The summed E-state index contributed by atoms with van der Waals surface area (Å²) in [4.78, 5) is 0. The van der Waals surface area contributed by atoms with E-state index in [0.29, 0.717) is 11.8 Å². The third kappa shape index (κ3) is 7.31. The predicted molar refractivity (Wildman–Crippen MR) is 98.1 cm³/mol. The van der Waals surface area contributed by atoms with Crippen molar-refractivity contribution in [2.45, 2.75) is 86.7 Å². The van der Waals surface area contributed by atoms with Gasteiger partial charge < -0.3 is 4.74 Å². The highest BCUT2D eigenvalue weighted by Crippen LogP contribution is 2.38. The molecule has 0 aromatic rings. The Morgan fingerprint density at radius 3 is 2.32 bits per heavy atom. The van der Waals surface area contributed by atoms with Crippen LogP contribution in [-0.4, -0.2) is 12.2 Å². The predicted octanol–water partition coefficient (Wildman–Crippen LogP) is 6.48. The van der Waals surface area contributed by atoms with E-state index in [1.54, 1.807) is 5.57 Å². The molecule has 0 bridgehead atoms. The second-order valence-corrected chi connectivity index (χ2v) is 9.22. The van der Waals surface area contributed by atoms with Gasteiger partial charge >= 0.3 is 0 Å². The molecule has 0 saturated heterocycles. The molecule has 0 N–H and O–H groups in total. The van der Waals surface area contributed by atoms with Gasteiger partial charge in [-0.05, 0) is 76.0 Å². The highest BCUT2D eigenvalue weighted by atomic mass is 16.5. The van der Waals surface area contributed by atoms with Gasteiger partial charge in [0.1, 0.15) is 0 Å². The van der Waals surface area contributed by atoms with Crippen molar-refractivity contribution in [2.24, 2.45) is 29.6 Å². The zero-order chi connectivity index (χ0) is 16.9. The summed E-state index contributed by atoms with van der Waals surface area (Å²) in [6.07, 6.45) is 7.96. The van der Waals surface area contributed by atoms with E-state index in [9.17, 15) is 0 Å². The lowest BCUT2D eigenvalue weighted by molar-refractivity contribution is -0.0218. The fourth-order valence-corrected chi connectivity index (χ4v) is 3.79. The van der Waals surface area contributed by atoms with E-state index in [2.05, 4.69) is 61.5 Å². The maximum Gasteiger partial charge on any atom is 0.0598 e. The van der Waals surface area contributed by atoms with Crippen LogP contribution in [0.2, 0.25) is 0 Å². The first-order valence-corrected chi connectivity index (χ1v) is 9.43. The van der Waals surface area contributed by atoms with Crippen LogP contribution < -0.4 is 0 Å². The lowest BCUT2D eigenvalue weighted by atomic mass is 9.73. The van der Waals surface area contributed by atoms with Crippen LogP contribution in [-0.2, 0) is 4.74 Å². The summed E-state index contributed by atoms with van der Waals surface area (Å²) >= 11 is 0. The van der Waals surface area contributed by atoms with Crippen molar-refractivity contribution in [3.8, 4) is 0 Å². The van der Waals surface area contributed by atoms with Crippen LogP contribution in [0.4, 0.5) is 0 Å². The van der Waals surface area contributed by atoms with Gasteiger partial charge in [0.25, 0.3) is 0 Å². The van der Waals surface area contributed by atoms with Gasteiger partial charge in [-0.15, -0.1) is 0 Å². The summed E-state index contributed by atoms with van der Waals surface area (Å²) in [5.74, 6) is 3.77. The van der Waals surface area contributed by atoms with E-state index >= 15 is 0 Å². The van der Waals surface area contributed by atoms with E-state index < -0.39 is 0 Å². The Bertz CT molecular complexity index is 347. The maximum absolute atomic E-state index is 5.94. The molecule has 1 rings (SSSR count). The molecular weight excluding hydrogens is 268 g/mol. The molecule has 0 radical (unpaired) electrons. The molecule has 1 fully saturated rings. The molecule has 0 amide bonds. The fraction of sp³-hybridized carbons (Fsp3) is 0.905. The lowest BCUT2D eigenvalue weighted by Crippen LogP contribution is -2.23. The van der Waals surface area contributed by atoms with Gasteiger partial charge in [0.2, 0.25) is 0 Å². The van der Waals surface area contributed by atoms with Gasteiger partial charge in [-0.1, -0.05) is 46.3 Å². The van der Waals surface area contributed by atoms with Crippen LogP contribution >= 0.6 is 0 Å². The number of hydrogen-bond acceptors (Lipinski definition) is 1. The molecule has 1 saturated carbocycles. The molecule has 0 aromatic carbocycles. The third-order valence-corrected chi connectivity index (χ3v) is 4.91. The third-order valence-electron chi connectivity index (χ3n) is 4.91. The van der Waals surface area contributed by atoms with Crippen LogP contribution in [0, 0.1) is 29.6 Å². The average Bonchev–Trinajstić information content (AvgIpc) is 2.35. The average molecular weight is 309 g/mol. The van der Waals surface area contributed by atoms with Crippen molar-refractivity contribution in [2.75, 3.05) is 6.61 Å². The van der Waals surface area contributed by atoms with Gasteiger partial charge in [0.15, 0.2) is 0 Å². The van der Waals surface area contributed by atoms with Crippen LogP contribution in [0.25, 0.3) is 0 Å². The summed E-state index contributed by atoms with van der Waals surface area (Å²) in [6, 6.07) is 0. The van der Waals surface area contributed by atoms with E-state index in [0.717, 1.165) is 24.4 Å². The molecule has 1 aliphatic carbocycles. The summed E-state index contributed by atoms with van der Waals surface area (Å²) in [5, 5.41) is 0. The van der Waals surface area contributed by atoms with E-state index in [1.165, 1.54) is 25.7 Å². The normalized spacial score (nSPS) is 28.1. The molecule has 0 aromatic heterocycles. The summed E-state index contributed by atoms with van der Waals surface area (Å²) in [5.41, 5.74) is 1.72. The molecule has 130 valence electrons. The maximum atomic E-state index is 5.94. The molecule has 1 aliphatic rings. The summed E-state index contributed by atoms with van der Waals surface area (Å²) in [7, 11) is 0. The Labute approximate surface area is 139 Å². The Morgan fingerprint density at radius 2 is 1.77 bits per heavy atom. The minimum Gasteiger partial charge on any atom is -0.376 e. The minimum absolute atomic E-state index is 0.0164. The van der Waals surface area contributed by atoms with E-state index in [-0.39, 0.29) is 5.60 Å². The van der Waals surface area contributed by atoms with Gasteiger partial charge in [-0.2, -0.15) is 0 Å². The quantitative estimate of drug-likeness (QED) is 0.510. The molecule has 4 atom stereocenters. The number of rotatable bonds is 6. The van der Waals surface area contributed by atoms with Crippen LogP contribution in [0.3, 0.4) is 0 Å². The highest BCUT2D eigenvalue weighted by Gasteiger charge is 2.26. The van der Waals surface area contributed by atoms with Crippen molar-refractivity contribution < 1.29 is 4.74 Å². The second-order valence-electron chi connectivity index (χ2n) is 9.22. The molecule has 1 nitrogen and oxygen atoms in total. The smallest absolute Gasteiger partial charge is 0.0598 e. The number of allylic oxidation sites excluding steroid dienone is 2. The van der Waals surface area contributed by atoms with Crippen LogP contribution in [0.1, 0.15) is 81.1 Å². The molecule has 22 heavy (non-hydrogen) atoms. The Balaban J connectivity index is 2.57. The Morgan fingerprint density at radius 1 is 1.14 bits per heavy atom. The van der Waals surface area contributed by atoms with Gasteiger partial charge in [-0.3, -0.25) is 0 Å². The Hall–Kier alpha value is -0.300. The summed E-state index contributed by atoms with van der Waals surface area (Å²) in [6.45, 7) is 19.2. The van der Waals surface area contributed by atoms with Crippen molar-refractivity contribution >= 4 is 0 Å². The van der Waals surface area contributed by atoms with Crippen LogP contribution in [0.15, 0.2) is 11.6 Å². The Kier molecular flexibility index (Phi) is 7.65. The van der Waals surface area contributed by atoms with E-state index in [1.807, 2.05) is 0 Å². The molecule has 0 spiro atoms. The first kappa shape index (κ1) is 19.7. The van der Waals surface area contributed by atoms with Gasteiger partial charge in [-0.25, -0.2) is 0 Å². The summed E-state index contributed by atoms with van der Waals surface area (Å²) < 4.78 is 5.94.